The van der Waals surface area contributed by atoms with E-state index in [1.54, 1.807) is 19.1 Å². The molecule has 0 aliphatic rings. The van der Waals surface area contributed by atoms with Gasteiger partial charge in [-0.2, -0.15) is 0 Å². The molecule has 0 aliphatic heterocycles. The van der Waals surface area contributed by atoms with Crippen molar-refractivity contribution in [3.05, 3.63) is 58.6 Å². The first-order valence-corrected chi connectivity index (χ1v) is 7.70. The number of halogens is 1. The minimum absolute atomic E-state index is 0.173. The Labute approximate surface area is 136 Å². The van der Waals surface area contributed by atoms with Crippen molar-refractivity contribution in [1.82, 2.24) is 0 Å². The van der Waals surface area contributed by atoms with Crippen LogP contribution in [0.3, 0.4) is 0 Å². The predicted octanol–water partition coefficient (Wildman–Crippen LogP) is 4.62. The van der Waals surface area contributed by atoms with Gasteiger partial charge in [0.1, 0.15) is 5.75 Å². The summed E-state index contributed by atoms with van der Waals surface area (Å²) in [6.45, 7) is 5.69. The van der Waals surface area contributed by atoms with Gasteiger partial charge < -0.3 is 10.1 Å². The zero-order valence-corrected chi connectivity index (χ0v) is 13.8. The molecule has 0 spiro atoms. The fourth-order valence-electron chi connectivity index (χ4n) is 2.13. The summed E-state index contributed by atoms with van der Waals surface area (Å²) >= 11 is 5.99. The van der Waals surface area contributed by atoms with Crippen LogP contribution < -0.4 is 10.1 Å². The van der Waals surface area contributed by atoms with Crippen molar-refractivity contribution in [1.29, 1.82) is 0 Å². The molecular formula is C18H20ClNO2. The highest BCUT2D eigenvalue weighted by molar-refractivity contribution is 6.31. The van der Waals surface area contributed by atoms with Gasteiger partial charge in [0.05, 0.1) is 0 Å². The lowest BCUT2D eigenvalue weighted by Crippen LogP contribution is -2.30. The van der Waals surface area contributed by atoms with E-state index in [1.807, 2.05) is 37.3 Å². The molecule has 2 rings (SSSR count). The highest BCUT2D eigenvalue weighted by Gasteiger charge is 2.16. The smallest absolute Gasteiger partial charge is 0.265 e. The molecule has 3 nitrogen and oxygen atoms in total. The van der Waals surface area contributed by atoms with Gasteiger partial charge in [-0.3, -0.25) is 4.79 Å². The maximum atomic E-state index is 12.3. The van der Waals surface area contributed by atoms with Gasteiger partial charge in [0.15, 0.2) is 6.10 Å². The van der Waals surface area contributed by atoms with Crippen LogP contribution in [0.1, 0.15) is 25.0 Å². The molecule has 22 heavy (non-hydrogen) atoms. The summed E-state index contributed by atoms with van der Waals surface area (Å²) in [7, 11) is 0. The number of ether oxygens (including phenoxy) is 1. The predicted molar refractivity (Wildman–Crippen MR) is 90.7 cm³/mol. The number of anilines is 1. The number of hydrogen-bond acceptors (Lipinski definition) is 2. The first kappa shape index (κ1) is 16.4. The van der Waals surface area contributed by atoms with E-state index >= 15 is 0 Å². The Hall–Kier alpha value is -2.00. The molecule has 0 aliphatic carbocycles. The van der Waals surface area contributed by atoms with E-state index in [0.29, 0.717) is 10.8 Å². The number of para-hydroxylation sites is 1. The molecule has 0 aromatic heterocycles. The Morgan fingerprint density at radius 1 is 1.27 bits per heavy atom. The SMILES string of the molecule is CCc1ccccc1NC(=O)[C@H](C)Oc1ccc(Cl)c(C)c1. The van der Waals surface area contributed by atoms with Crippen LogP contribution in [0.25, 0.3) is 0 Å². The van der Waals surface area contributed by atoms with Gasteiger partial charge in [-0.25, -0.2) is 0 Å². The van der Waals surface area contributed by atoms with Gasteiger partial charge in [-0.15, -0.1) is 0 Å². The van der Waals surface area contributed by atoms with Crippen LogP contribution in [0.5, 0.6) is 5.75 Å². The van der Waals surface area contributed by atoms with E-state index < -0.39 is 6.10 Å². The summed E-state index contributed by atoms with van der Waals surface area (Å²) in [5.41, 5.74) is 2.85. The van der Waals surface area contributed by atoms with Gasteiger partial charge in [0, 0.05) is 10.7 Å². The number of benzene rings is 2. The largest absolute Gasteiger partial charge is 0.481 e. The number of carbonyl (C=O) groups excluding carboxylic acids is 1. The quantitative estimate of drug-likeness (QED) is 0.874. The minimum Gasteiger partial charge on any atom is -0.481 e. The Balaban J connectivity index is 2.04. The lowest BCUT2D eigenvalue weighted by atomic mass is 10.1. The van der Waals surface area contributed by atoms with E-state index in [2.05, 4.69) is 12.2 Å². The average molecular weight is 318 g/mol. The molecule has 1 N–H and O–H groups in total. The summed E-state index contributed by atoms with van der Waals surface area (Å²) in [4.78, 5) is 12.3. The molecule has 0 fully saturated rings. The van der Waals surface area contributed by atoms with Crippen molar-refractivity contribution in [3.8, 4) is 5.75 Å². The third-order valence-corrected chi connectivity index (χ3v) is 3.89. The van der Waals surface area contributed by atoms with Crippen molar-refractivity contribution in [2.45, 2.75) is 33.3 Å². The molecule has 4 heteroatoms. The van der Waals surface area contributed by atoms with E-state index in [1.165, 1.54) is 0 Å². The number of nitrogens with one attached hydrogen (secondary N) is 1. The zero-order chi connectivity index (χ0) is 16.1. The fraction of sp³-hybridized carbons (Fsp3) is 0.278. The summed E-state index contributed by atoms with van der Waals surface area (Å²) in [6.07, 6.45) is 0.271. The number of hydrogen-bond donors (Lipinski definition) is 1. The van der Waals surface area contributed by atoms with Crippen LogP contribution in [-0.2, 0) is 11.2 Å². The second kappa shape index (κ2) is 7.32. The molecule has 0 heterocycles. The van der Waals surface area contributed by atoms with Crippen LogP contribution in [-0.4, -0.2) is 12.0 Å². The summed E-state index contributed by atoms with van der Waals surface area (Å²) in [6, 6.07) is 13.1. The molecule has 2 aromatic rings. The first-order valence-electron chi connectivity index (χ1n) is 7.33. The fourth-order valence-corrected chi connectivity index (χ4v) is 2.25. The molecule has 0 unspecified atom stereocenters. The molecular weight excluding hydrogens is 298 g/mol. The monoisotopic (exact) mass is 317 g/mol. The summed E-state index contributed by atoms with van der Waals surface area (Å²) in [5, 5.41) is 3.60. The molecule has 0 bridgehead atoms. The molecule has 2 aromatic carbocycles. The Morgan fingerprint density at radius 3 is 2.68 bits per heavy atom. The lowest BCUT2D eigenvalue weighted by molar-refractivity contribution is -0.122. The van der Waals surface area contributed by atoms with Crippen molar-refractivity contribution in [3.63, 3.8) is 0 Å². The third-order valence-electron chi connectivity index (χ3n) is 3.47. The number of amides is 1. The van der Waals surface area contributed by atoms with Crippen molar-refractivity contribution in [2.24, 2.45) is 0 Å². The van der Waals surface area contributed by atoms with E-state index in [9.17, 15) is 4.79 Å². The third kappa shape index (κ3) is 4.01. The molecule has 0 radical (unpaired) electrons. The van der Waals surface area contributed by atoms with Crippen LogP contribution in [0.15, 0.2) is 42.5 Å². The second-order valence-electron chi connectivity index (χ2n) is 5.17. The van der Waals surface area contributed by atoms with E-state index in [4.69, 9.17) is 16.3 Å². The van der Waals surface area contributed by atoms with Crippen molar-refractivity contribution in [2.75, 3.05) is 5.32 Å². The average Bonchev–Trinajstić information content (AvgIpc) is 2.51. The van der Waals surface area contributed by atoms with Crippen LogP contribution in [0, 0.1) is 6.92 Å². The van der Waals surface area contributed by atoms with Gasteiger partial charge in [-0.1, -0.05) is 36.7 Å². The summed E-state index contributed by atoms with van der Waals surface area (Å²) < 4.78 is 5.69. The van der Waals surface area contributed by atoms with Crippen molar-refractivity contribution >= 4 is 23.2 Å². The zero-order valence-electron chi connectivity index (χ0n) is 13.0. The van der Waals surface area contributed by atoms with E-state index in [0.717, 1.165) is 23.2 Å². The maximum Gasteiger partial charge on any atom is 0.265 e. The van der Waals surface area contributed by atoms with Gasteiger partial charge in [0.25, 0.3) is 5.91 Å². The number of carbonyl (C=O) groups is 1. The molecule has 116 valence electrons. The summed E-state index contributed by atoms with van der Waals surface area (Å²) in [5.74, 6) is 0.460. The first-order chi connectivity index (χ1) is 10.5. The topological polar surface area (TPSA) is 38.3 Å². The number of aryl methyl sites for hydroxylation is 2. The second-order valence-corrected chi connectivity index (χ2v) is 5.58. The van der Waals surface area contributed by atoms with E-state index in [-0.39, 0.29) is 5.91 Å². The number of rotatable bonds is 5. The molecule has 1 atom stereocenters. The Kier molecular flexibility index (Phi) is 5.45. The highest BCUT2D eigenvalue weighted by atomic mass is 35.5. The van der Waals surface area contributed by atoms with Crippen molar-refractivity contribution < 1.29 is 9.53 Å². The minimum atomic E-state index is -0.592. The standard InChI is InChI=1S/C18H20ClNO2/c1-4-14-7-5-6-8-17(14)20-18(21)13(3)22-15-9-10-16(19)12(2)11-15/h5-11,13H,4H2,1-3H3,(H,20,21)/t13-/m0/s1. The Morgan fingerprint density at radius 2 is 2.00 bits per heavy atom. The van der Waals surface area contributed by atoms with Crippen LogP contribution in [0.2, 0.25) is 5.02 Å². The van der Waals surface area contributed by atoms with Crippen LogP contribution in [0.4, 0.5) is 5.69 Å². The Bertz CT molecular complexity index is 670. The highest BCUT2D eigenvalue weighted by Crippen LogP contribution is 2.22. The van der Waals surface area contributed by atoms with Crippen LogP contribution >= 0.6 is 11.6 Å². The van der Waals surface area contributed by atoms with Gasteiger partial charge in [0.2, 0.25) is 0 Å². The van der Waals surface area contributed by atoms with Gasteiger partial charge in [-0.05, 0) is 55.7 Å². The lowest BCUT2D eigenvalue weighted by Gasteiger charge is -2.16. The molecule has 0 saturated carbocycles. The maximum absolute atomic E-state index is 12.3. The molecule has 1 amide bonds. The normalized spacial score (nSPS) is 11.8. The molecule has 0 saturated heterocycles. The van der Waals surface area contributed by atoms with Gasteiger partial charge >= 0.3 is 0 Å².